The van der Waals surface area contributed by atoms with Crippen LogP contribution in [0.25, 0.3) is 0 Å². The van der Waals surface area contributed by atoms with E-state index in [2.05, 4.69) is 19.2 Å². The molecule has 3 atom stereocenters. The Morgan fingerprint density at radius 2 is 0.956 bits per heavy atom. The minimum absolute atomic E-state index is 0.285. The Morgan fingerprint density at radius 3 is 1.33 bits per heavy atom. The lowest BCUT2D eigenvalue weighted by molar-refractivity contribution is -0.130. The second kappa shape index (κ2) is 31.6. The predicted octanol–water partition coefficient (Wildman–Crippen LogP) is 9.60. The van der Waals surface area contributed by atoms with Crippen molar-refractivity contribution in [2.75, 3.05) is 5.75 Å². The lowest BCUT2D eigenvalue weighted by Gasteiger charge is -2.22. The maximum atomic E-state index is 12.5. The van der Waals surface area contributed by atoms with Crippen LogP contribution in [0.3, 0.4) is 0 Å². The lowest BCUT2D eigenvalue weighted by atomic mass is 10.0. The number of nitrogens with one attached hydrogen (secondary N) is 1. The van der Waals surface area contributed by atoms with Crippen LogP contribution in [0.2, 0.25) is 0 Å². The fraction of sp³-hybridized carbons (Fsp3) is 0.919. The summed E-state index contributed by atoms with van der Waals surface area (Å²) in [5, 5.41) is 23.3. The number of carbonyl (C=O) groups excluding carboxylic acids is 1. The fourth-order valence-electron chi connectivity index (χ4n) is 5.87. The number of hydrogen-bond donors (Lipinski definition) is 4. The Kier molecular flexibility index (Phi) is 31.0. The number of amides is 1. The molecule has 0 rings (SSSR count). The van der Waals surface area contributed by atoms with E-state index in [1.54, 1.807) is 6.08 Å². The molecule has 0 aromatic heterocycles. The Hall–Kier alpha value is -0.960. The van der Waals surface area contributed by atoms with Gasteiger partial charge in [-0.1, -0.05) is 187 Å². The first-order valence-corrected chi connectivity index (χ1v) is 20.6. The molecule has 4 N–H and O–H groups in total. The van der Waals surface area contributed by atoms with Crippen molar-refractivity contribution in [3.05, 3.63) is 12.2 Å². The average Bonchev–Trinajstić information content (AvgIpc) is 3.00. The van der Waals surface area contributed by atoms with Gasteiger partial charge in [0.05, 0.1) is 17.9 Å². The fourth-order valence-corrected chi connectivity index (χ4v) is 6.60. The number of allylic oxidation sites excluding steroid dienone is 1. The van der Waals surface area contributed by atoms with Crippen LogP contribution in [0.4, 0.5) is 0 Å². The summed E-state index contributed by atoms with van der Waals surface area (Å²) in [6.45, 7) is 4.49. The summed E-state index contributed by atoms with van der Waals surface area (Å²) in [6, 6.07) is -1.23. The molecule has 268 valence electrons. The van der Waals surface area contributed by atoms with E-state index < -0.39 is 40.0 Å². The van der Waals surface area contributed by atoms with Crippen molar-refractivity contribution < 1.29 is 28.0 Å². The second-order valence-corrected chi connectivity index (χ2v) is 14.9. The van der Waals surface area contributed by atoms with Gasteiger partial charge in [0.1, 0.15) is 6.10 Å². The number of carbonyl (C=O) groups is 1. The van der Waals surface area contributed by atoms with Crippen LogP contribution in [0.15, 0.2) is 12.2 Å². The smallest absolute Gasteiger partial charge is 0.267 e. The topological polar surface area (TPSA) is 124 Å². The highest BCUT2D eigenvalue weighted by atomic mass is 32.2. The summed E-state index contributed by atoms with van der Waals surface area (Å²) < 4.78 is 32.4. The van der Waals surface area contributed by atoms with E-state index in [0.717, 1.165) is 38.5 Å². The molecule has 7 nitrogen and oxygen atoms in total. The maximum absolute atomic E-state index is 12.5. The van der Waals surface area contributed by atoms with Gasteiger partial charge in [0, 0.05) is 0 Å². The third kappa shape index (κ3) is 31.4. The van der Waals surface area contributed by atoms with E-state index in [1.807, 2.05) is 0 Å². The molecule has 0 aliphatic rings. The van der Waals surface area contributed by atoms with Crippen molar-refractivity contribution in [3.63, 3.8) is 0 Å². The van der Waals surface area contributed by atoms with E-state index >= 15 is 0 Å². The molecule has 45 heavy (non-hydrogen) atoms. The van der Waals surface area contributed by atoms with Crippen molar-refractivity contribution >= 4 is 16.0 Å². The summed E-state index contributed by atoms with van der Waals surface area (Å²) in [7, 11) is -4.43. The van der Waals surface area contributed by atoms with Crippen molar-refractivity contribution in [1.82, 2.24) is 5.32 Å². The summed E-state index contributed by atoms with van der Waals surface area (Å²) in [4.78, 5) is 12.5. The van der Waals surface area contributed by atoms with E-state index in [4.69, 9.17) is 0 Å². The van der Waals surface area contributed by atoms with Crippen molar-refractivity contribution in [2.24, 2.45) is 0 Å². The molecule has 0 saturated heterocycles. The van der Waals surface area contributed by atoms with Crippen LogP contribution >= 0.6 is 0 Å². The Morgan fingerprint density at radius 1 is 0.600 bits per heavy atom. The highest BCUT2D eigenvalue weighted by Gasteiger charge is 2.27. The number of rotatable bonds is 34. The van der Waals surface area contributed by atoms with Gasteiger partial charge in [-0.05, 0) is 19.3 Å². The van der Waals surface area contributed by atoms with Gasteiger partial charge in [-0.3, -0.25) is 9.35 Å². The summed E-state index contributed by atoms with van der Waals surface area (Å²) in [5.74, 6) is -1.53. The summed E-state index contributed by atoms with van der Waals surface area (Å²) in [6.07, 6.45) is 34.0. The first kappa shape index (κ1) is 44.0. The SMILES string of the molecule is CCCCCCCCCCCCCC/C=C/C(O)C(CS(=O)(=O)O)NC(=O)C(O)CCCCCCCCCCCCCCCC. The highest BCUT2D eigenvalue weighted by molar-refractivity contribution is 7.85. The first-order valence-electron chi connectivity index (χ1n) is 19.0. The number of aliphatic hydroxyl groups is 2. The van der Waals surface area contributed by atoms with Crippen LogP contribution in [0.5, 0.6) is 0 Å². The van der Waals surface area contributed by atoms with Gasteiger partial charge in [-0.25, -0.2) is 0 Å². The van der Waals surface area contributed by atoms with Crippen LogP contribution in [-0.2, 0) is 14.9 Å². The van der Waals surface area contributed by atoms with E-state index in [0.29, 0.717) is 6.42 Å². The van der Waals surface area contributed by atoms with Crippen molar-refractivity contribution in [3.8, 4) is 0 Å². The van der Waals surface area contributed by atoms with Crippen molar-refractivity contribution in [2.45, 2.75) is 212 Å². The van der Waals surface area contributed by atoms with E-state index in [9.17, 15) is 28.0 Å². The summed E-state index contributed by atoms with van der Waals surface area (Å²) in [5.41, 5.74) is 0. The van der Waals surface area contributed by atoms with Crippen molar-refractivity contribution in [1.29, 1.82) is 0 Å². The van der Waals surface area contributed by atoms with Gasteiger partial charge >= 0.3 is 0 Å². The molecular weight excluding hydrogens is 586 g/mol. The molecule has 0 aliphatic heterocycles. The highest BCUT2D eigenvalue weighted by Crippen LogP contribution is 2.15. The molecule has 1 amide bonds. The predicted molar refractivity (Wildman–Crippen MR) is 190 cm³/mol. The van der Waals surface area contributed by atoms with Crippen LogP contribution < -0.4 is 5.32 Å². The molecule has 0 aliphatic carbocycles. The van der Waals surface area contributed by atoms with E-state index in [1.165, 1.54) is 134 Å². The van der Waals surface area contributed by atoms with Gasteiger partial charge in [-0.2, -0.15) is 8.42 Å². The molecule has 8 heteroatoms. The molecule has 0 radical (unpaired) electrons. The minimum atomic E-state index is -4.43. The maximum Gasteiger partial charge on any atom is 0.267 e. The van der Waals surface area contributed by atoms with Crippen LogP contribution in [0.1, 0.15) is 194 Å². The third-order valence-corrected chi connectivity index (χ3v) is 9.60. The molecular formula is C37H73NO6S. The molecule has 0 aromatic carbocycles. The molecule has 0 heterocycles. The molecule has 0 spiro atoms. The van der Waals surface area contributed by atoms with E-state index in [-0.39, 0.29) is 6.42 Å². The minimum Gasteiger partial charge on any atom is -0.387 e. The normalized spacial score (nSPS) is 14.2. The number of hydrogen-bond acceptors (Lipinski definition) is 5. The standard InChI is InChI=1S/C37H73NO6S/c1-3-5-7-9-11-13-15-17-19-21-23-25-27-29-31-35(39)34(33-45(42,43)44)38-37(41)36(40)32-30-28-26-24-22-20-18-16-14-12-10-8-6-4-2/h29,31,34-36,39-40H,3-28,30,32-33H2,1-2H3,(H,38,41)(H,42,43,44)/b31-29+. The average molecular weight is 660 g/mol. The first-order chi connectivity index (χ1) is 21.7. The second-order valence-electron chi connectivity index (χ2n) is 13.4. The number of unbranched alkanes of at least 4 members (excludes halogenated alkanes) is 25. The molecule has 0 bridgehead atoms. The Balaban J connectivity index is 4.08. The van der Waals surface area contributed by atoms with Crippen LogP contribution in [-0.4, -0.2) is 53.1 Å². The molecule has 0 fully saturated rings. The largest absolute Gasteiger partial charge is 0.387 e. The summed E-state index contributed by atoms with van der Waals surface area (Å²) >= 11 is 0. The molecule has 0 aromatic rings. The van der Waals surface area contributed by atoms with Gasteiger partial charge in [0.25, 0.3) is 10.1 Å². The van der Waals surface area contributed by atoms with Gasteiger partial charge in [0.2, 0.25) is 5.91 Å². The molecule has 0 saturated carbocycles. The third-order valence-electron chi connectivity index (χ3n) is 8.82. The lowest BCUT2D eigenvalue weighted by Crippen LogP contribution is -2.50. The van der Waals surface area contributed by atoms with Gasteiger partial charge in [0.15, 0.2) is 0 Å². The van der Waals surface area contributed by atoms with Crippen LogP contribution in [0, 0.1) is 0 Å². The quantitative estimate of drug-likeness (QED) is 0.0310. The zero-order valence-electron chi connectivity index (χ0n) is 29.4. The number of aliphatic hydroxyl groups excluding tert-OH is 2. The monoisotopic (exact) mass is 660 g/mol. The Labute approximate surface area is 278 Å². The molecule has 3 unspecified atom stereocenters. The zero-order chi connectivity index (χ0) is 33.4. The zero-order valence-corrected chi connectivity index (χ0v) is 30.2. The Bertz CT molecular complexity index is 788. The van der Waals surface area contributed by atoms with Gasteiger partial charge < -0.3 is 15.5 Å². The van der Waals surface area contributed by atoms with Gasteiger partial charge in [-0.15, -0.1) is 0 Å².